The average Bonchev–Trinajstić information content (AvgIpc) is 3.29. The molecule has 154 valence electrons. The van der Waals surface area contributed by atoms with Crippen molar-refractivity contribution in [3.63, 3.8) is 0 Å². The summed E-state index contributed by atoms with van der Waals surface area (Å²) in [6.07, 6.45) is 2.72. The largest absolute Gasteiger partial charge is 0.444 e. The Balaban J connectivity index is 1.58. The van der Waals surface area contributed by atoms with E-state index in [0.29, 0.717) is 47.5 Å². The predicted molar refractivity (Wildman–Crippen MR) is 109 cm³/mol. The summed E-state index contributed by atoms with van der Waals surface area (Å²) in [5.41, 5.74) is 1.37. The molecule has 0 saturated carbocycles. The minimum Gasteiger partial charge on any atom is -0.444 e. The minimum absolute atomic E-state index is 0.00891. The number of fused-ring (bicyclic) bond motifs is 1. The quantitative estimate of drug-likeness (QED) is 0.629. The summed E-state index contributed by atoms with van der Waals surface area (Å²) >= 11 is 6.26. The zero-order chi connectivity index (χ0) is 20.8. The third kappa shape index (κ3) is 4.00. The van der Waals surface area contributed by atoms with Crippen LogP contribution in [0.3, 0.4) is 0 Å². The van der Waals surface area contributed by atoms with Gasteiger partial charge >= 0.3 is 6.09 Å². The van der Waals surface area contributed by atoms with E-state index in [1.165, 1.54) is 6.33 Å². The number of oxazole rings is 1. The van der Waals surface area contributed by atoms with E-state index in [1.807, 2.05) is 32.6 Å². The van der Waals surface area contributed by atoms with Crippen LogP contribution in [0.2, 0.25) is 5.02 Å². The molecule has 1 aromatic carbocycles. The zero-order valence-electron chi connectivity index (χ0n) is 16.8. The molecule has 0 radical (unpaired) electrons. The monoisotopic (exact) mass is 418 g/mol. The maximum Gasteiger partial charge on any atom is 0.410 e. The molecule has 2 aromatic heterocycles. The van der Waals surface area contributed by atoms with Crippen LogP contribution in [0.5, 0.6) is 0 Å². The highest BCUT2D eigenvalue weighted by atomic mass is 35.5. The van der Waals surface area contributed by atoms with Crippen molar-refractivity contribution in [3.05, 3.63) is 29.8 Å². The molecule has 4 rings (SSSR count). The van der Waals surface area contributed by atoms with Gasteiger partial charge in [0, 0.05) is 30.7 Å². The number of hydrogen-bond donors (Lipinski definition) is 0. The van der Waals surface area contributed by atoms with Gasteiger partial charge in [-0.1, -0.05) is 11.6 Å². The van der Waals surface area contributed by atoms with Crippen LogP contribution < -0.4 is 4.90 Å². The van der Waals surface area contributed by atoms with Gasteiger partial charge < -0.3 is 19.0 Å². The van der Waals surface area contributed by atoms with Crippen molar-refractivity contribution in [2.75, 3.05) is 24.5 Å². The summed E-state index contributed by atoms with van der Waals surface area (Å²) in [6, 6.07) is 4.01. The number of benzene rings is 1. The predicted octanol–water partition coefficient (Wildman–Crippen LogP) is 3.51. The lowest BCUT2D eigenvalue weighted by Gasteiger charge is -2.39. The molecular weight excluding hydrogens is 396 g/mol. The number of amides is 1. The van der Waals surface area contributed by atoms with E-state index in [1.54, 1.807) is 28.0 Å². The van der Waals surface area contributed by atoms with Gasteiger partial charge in [-0.2, -0.15) is 10.1 Å². The van der Waals surface area contributed by atoms with Crippen LogP contribution in [0.15, 0.2) is 29.2 Å². The third-order valence-electron chi connectivity index (χ3n) is 4.61. The van der Waals surface area contributed by atoms with E-state index < -0.39 is 5.60 Å². The smallest absolute Gasteiger partial charge is 0.410 e. The maximum atomic E-state index is 12.4. The number of halogens is 1. The number of carbonyl (C=O) groups excluding carboxylic acids is 1. The van der Waals surface area contributed by atoms with Gasteiger partial charge in [0.2, 0.25) is 0 Å². The van der Waals surface area contributed by atoms with E-state index in [9.17, 15) is 4.79 Å². The van der Waals surface area contributed by atoms with Crippen molar-refractivity contribution in [2.45, 2.75) is 39.3 Å². The Labute approximate surface area is 173 Å². The first-order chi connectivity index (χ1) is 13.7. The Hall–Kier alpha value is -2.81. The Bertz CT molecular complexity index is 1030. The van der Waals surface area contributed by atoms with Gasteiger partial charge in [0.25, 0.3) is 6.01 Å². The normalized spacial score (nSPS) is 17.8. The standard InChI is InChI=1S/C19H23ClN6O3/c1-12-9-24(18(27)29-19(2,3)4)5-6-25(12)17-23-14-7-13(20)8-15(16(14)28-17)26-11-21-10-22-26/h7-8,10-12H,5-6,9H2,1-4H3/t12-/m0/s1. The number of rotatable bonds is 2. The van der Waals surface area contributed by atoms with Crippen LogP contribution in [0.25, 0.3) is 16.8 Å². The fourth-order valence-electron chi connectivity index (χ4n) is 3.33. The molecule has 0 N–H and O–H groups in total. The van der Waals surface area contributed by atoms with Crippen LogP contribution in [-0.4, -0.2) is 62.0 Å². The lowest BCUT2D eigenvalue weighted by Crippen LogP contribution is -2.54. The molecule has 3 aromatic rings. The van der Waals surface area contributed by atoms with Crippen molar-refractivity contribution < 1.29 is 13.9 Å². The van der Waals surface area contributed by atoms with E-state index in [0.717, 1.165) is 0 Å². The van der Waals surface area contributed by atoms with E-state index in [2.05, 4.69) is 15.1 Å². The molecule has 1 saturated heterocycles. The Morgan fingerprint density at radius 2 is 2.10 bits per heavy atom. The van der Waals surface area contributed by atoms with Crippen LogP contribution in [0, 0.1) is 0 Å². The second kappa shape index (κ2) is 7.22. The first-order valence-corrected chi connectivity index (χ1v) is 9.79. The summed E-state index contributed by atoms with van der Waals surface area (Å²) in [6.45, 7) is 9.23. The fourth-order valence-corrected chi connectivity index (χ4v) is 3.54. The highest BCUT2D eigenvalue weighted by Crippen LogP contribution is 2.31. The minimum atomic E-state index is -0.519. The molecule has 0 unspecified atom stereocenters. The van der Waals surface area contributed by atoms with Crippen LogP contribution in [0.4, 0.5) is 10.8 Å². The maximum absolute atomic E-state index is 12.4. The topological polar surface area (TPSA) is 89.5 Å². The van der Waals surface area contributed by atoms with Gasteiger partial charge in [-0.15, -0.1) is 0 Å². The number of hydrogen-bond acceptors (Lipinski definition) is 7. The van der Waals surface area contributed by atoms with Gasteiger partial charge in [-0.05, 0) is 39.8 Å². The van der Waals surface area contributed by atoms with Gasteiger partial charge in [-0.25, -0.2) is 14.5 Å². The molecule has 29 heavy (non-hydrogen) atoms. The van der Waals surface area contributed by atoms with Crippen LogP contribution >= 0.6 is 11.6 Å². The summed E-state index contributed by atoms with van der Waals surface area (Å²) in [7, 11) is 0. The fraction of sp³-hybridized carbons (Fsp3) is 0.474. The SMILES string of the molecule is C[C@H]1CN(C(=O)OC(C)(C)C)CCN1c1nc2cc(Cl)cc(-n3cncn3)c2o1. The summed E-state index contributed by atoms with van der Waals surface area (Å²) < 4.78 is 13.2. The van der Waals surface area contributed by atoms with E-state index in [-0.39, 0.29) is 12.1 Å². The number of nitrogens with zero attached hydrogens (tertiary/aromatic N) is 6. The number of piperazine rings is 1. The van der Waals surface area contributed by atoms with Crippen molar-refractivity contribution in [1.82, 2.24) is 24.6 Å². The van der Waals surface area contributed by atoms with E-state index >= 15 is 0 Å². The van der Waals surface area contributed by atoms with Gasteiger partial charge in [0.1, 0.15) is 29.5 Å². The van der Waals surface area contributed by atoms with Crippen molar-refractivity contribution >= 4 is 34.8 Å². The summed E-state index contributed by atoms with van der Waals surface area (Å²) in [4.78, 5) is 24.7. The zero-order valence-corrected chi connectivity index (χ0v) is 17.5. The van der Waals surface area contributed by atoms with Crippen molar-refractivity contribution in [1.29, 1.82) is 0 Å². The van der Waals surface area contributed by atoms with Crippen molar-refractivity contribution in [3.8, 4) is 5.69 Å². The molecule has 0 spiro atoms. The number of anilines is 1. The summed E-state index contributed by atoms with van der Waals surface area (Å²) in [5, 5.41) is 4.69. The molecular formula is C19H23ClN6O3. The van der Waals surface area contributed by atoms with Gasteiger partial charge in [0.15, 0.2) is 5.58 Å². The number of aromatic nitrogens is 4. The number of carbonyl (C=O) groups is 1. The second-order valence-electron chi connectivity index (χ2n) is 8.08. The molecule has 0 aliphatic carbocycles. The Morgan fingerprint density at radius 3 is 2.76 bits per heavy atom. The lowest BCUT2D eigenvalue weighted by atomic mass is 10.2. The molecule has 1 aliphatic heterocycles. The van der Waals surface area contributed by atoms with Crippen molar-refractivity contribution in [2.24, 2.45) is 0 Å². The van der Waals surface area contributed by atoms with Gasteiger partial charge in [-0.3, -0.25) is 0 Å². The number of ether oxygens (including phenoxy) is 1. The second-order valence-corrected chi connectivity index (χ2v) is 8.51. The molecule has 1 aliphatic rings. The molecule has 1 atom stereocenters. The Kier molecular flexibility index (Phi) is 4.85. The van der Waals surface area contributed by atoms with E-state index in [4.69, 9.17) is 20.8 Å². The third-order valence-corrected chi connectivity index (χ3v) is 4.83. The molecule has 3 heterocycles. The average molecular weight is 419 g/mol. The molecule has 0 bridgehead atoms. The van der Waals surface area contributed by atoms with Gasteiger partial charge in [0.05, 0.1) is 0 Å². The lowest BCUT2D eigenvalue weighted by molar-refractivity contribution is 0.0216. The highest BCUT2D eigenvalue weighted by Gasteiger charge is 2.32. The Morgan fingerprint density at radius 1 is 1.31 bits per heavy atom. The van der Waals surface area contributed by atoms with Crippen LogP contribution in [-0.2, 0) is 4.74 Å². The highest BCUT2D eigenvalue weighted by molar-refractivity contribution is 6.31. The molecule has 9 nitrogen and oxygen atoms in total. The molecule has 10 heteroatoms. The first-order valence-electron chi connectivity index (χ1n) is 9.41. The molecule has 1 amide bonds. The first kappa shape index (κ1) is 19.5. The molecule has 1 fully saturated rings. The summed E-state index contributed by atoms with van der Waals surface area (Å²) in [5.74, 6) is 0. The van der Waals surface area contributed by atoms with Crippen LogP contribution in [0.1, 0.15) is 27.7 Å².